The van der Waals surface area contributed by atoms with E-state index in [1.165, 1.54) is 0 Å². The fraction of sp³-hybridized carbons (Fsp3) is 0.667. The molecule has 1 rings (SSSR count). The van der Waals surface area contributed by atoms with Crippen molar-refractivity contribution >= 4 is 24.0 Å². The van der Waals surface area contributed by atoms with Crippen molar-refractivity contribution in [3.8, 4) is 0 Å². The Hall–Kier alpha value is -1.92. The number of hydrogen-bond donors (Lipinski definition) is 3. The van der Waals surface area contributed by atoms with Crippen LogP contribution in [0.5, 0.6) is 0 Å². The second-order valence-electron chi connectivity index (χ2n) is 4.84. The van der Waals surface area contributed by atoms with E-state index in [-0.39, 0.29) is 24.3 Å². The molecule has 1 fully saturated rings. The van der Waals surface area contributed by atoms with Crippen LogP contribution in [0, 0.1) is 5.92 Å². The van der Waals surface area contributed by atoms with Gasteiger partial charge in [0.25, 0.3) is 5.91 Å². The van der Waals surface area contributed by atoms with Crippen molar-refractivity contribution in [1.82, 2.24) is 16.0 Å². The molecule has 1 aliphatic rings. The molecular formula is C12H19N3O4. The molecule has 7 nitrogen and oxygen atoms in total. The lowest BCUT2D eigenvalue weighted by molar-refractivity contribution is -0.140. The highest BCUT2D eigenvalue weighted by molar-refractivity contribution is 6.38. The van der Waals surface area contributed by atoms with Crippen LogP contribution in [-0.2, 0) is 19.2 Å². The molecule has 19 heavy (non-hydrogen) atoms. The fourth-order valence-electron chi connectivity index (χ4n) is 1.98. The zero-order valence-corrected chi connectivity index (χ0v) is 11.1. The third kappa shape index (κ3) is 4.35. The van der Waals surface area contributed by atoms with E-state index in [9.17, 15) is 19.2 Å². The first-order valence-electron chi connectivity index (χ1n) is 6.27. The number of carbonyl (C=O) groups is 4. The molecular weight excluding hydrogens is 250 g/mol. The molecule has 0 bridgehead atoms. The minimum absolute atomic E-state index is 0.144. The molecule has 0 spiro atoms. The molecule has 0 aromatic rings. The van der Waals surface area contributed by atoms with E-state index >= 15 is 0 Å². The van der Waals surface area contributed by atoms with Crippen LogP contribution in [0.1, 0.15) is 26.7 Å². The van der Waals surface area contributed by atoms with Gasteiger partial charge in [0, 0.05) is 18.5 Å². The van der Waals surface area contributed by atoms with Crippen molar-refractivity contribution in [1.29, 1.82) is 0 Å². The zero-order valence-electron chi connectivity index (χ0n) is 11.1. The third-order valence-electron chi connectivity index (χ3n) is 2.91. The van der Waals surface area contributed by atoms with Gasteiger partial charge in [0.2, 0.25) is 18.1 Å². The predicted molar refractivity (Wildman–Crippen MR) is 67.0 cm³/mol. The minimum atomic E-state index is -0.954. The smallest absolute Gasteiger partial charge is 0.289 e. The van der Waals surface area contributed by atoms with Crippen LogP contribution < -0.4 is 16.0 Å². The Kier molecular flexibility index (Phi) is 5.47. The van der Waals surface area contributed by atoms with Gasteiger partial charge in [-0.15, -0.1) is 0 Å². The molecule has 0 aromatic heterocycles. The Morgan fingerprint density at radius 1 is 1.47 bits per heavy atom. The normalized spacial score (nSPS) is 19.7. The van der Waals surface area contributed by atoms with Crippen LogP contribution in [0.3, 0.4) is 0 Å². The van der Waals surface area contributed by atoms with Crippen molar-refractivity contribution in [2.45, 2.75) is 38.8 Å². The summed E-state index contributed by atoms with van der Waals surface area (Å²) < 4.78 is 0. The molecule has 2 atom stereocenters. The maximum absolute atomic E-state index is 11.9. The number of nitrogens with one attached hydrogen (secondary N) is 3. The van der Waals surface area contributed by atoms with E-state index in [1.807, 2.05) is 0 Å². The molecule has 1 heterocycles. The quantitative estimate of drug-likeness (QED) is 0.395. The summed E-state index contributed by atoms with van der Waals surface area (Å²) in [6.07, 6.45) is 1.13. The second-order valence-corrected chi connectivity index (χ2v) is 4.84. The van der Waals surface area contributed by atoms with E-state index in [4.69, 9.17) is 0 Å². The summed E-state index contributed by atoms with van der Waals surface area (Å²) in [5, 5.41) is 7.44. The zero-order chi connectivity index (χ0) is 14.4. The topological polar surface area (TPSA) is 104 Å². The summed E-state index contributed by atoms with van der Waals surface area (Å²) in [4.78, 5) is 45.5. The maximum Gasteiger partial charge on any atom is 0.289 e. The lowest BCUT2D eigenvalue weighted by atomic mass is 9.95. The van der Waals surface area contributed by atoms with E-state index in [1.54, 1.807) is 13.8 Å². The van der Waals surface area contributed by atoms with Gasteiger partial charge >= 0.3 is 0 Å². The molecule has 3 N–H and O–H groups in total. The van der Waals surface area contributed by atoms with Crippen LogP contribution in [0.4, 0.5) is 0 Å². The lowest BCUT2D eigenvalue weighted by Gasteiger charge is -2.17. The molecule has 0 saturated carbocycles. The summed E-state index contributed by atoms with van der Waals surface area (Å²) in [5.41, 5.74) is 0. The predicted octanol–water partition coefficient (Wildman–Crippen LogP) is -1.28. The van der Waals surface area contributed by atoms with Gasteiger partial charge in [0.15, 0.2) is 0 Å². The van der Waals surface area contributed by atoms with Crippen molar-refractivity contribution in [3.63, 3.8) is 0 Å². The maximum atomic E-state index is 11.9. The molecule has 0 unspecified atom stereocenters. The van der Waals surface area contributed by atoms with Gasteiger partial charge in [0.1, 0.15) is 0 Å². The van der Waals surface area contributed by atoms with Gasteiger partial charge in [0.05, 0.1) is 6.04 Å². The first-order valence-corrected chi connectivity index (χ1v) is 6.27. The molecule has 106 valence electrons. The molecule has 0 aliphatic carbocycles. The number of rotatable bonds is 7. The summed E-state index contributed by atoms with van der Waals surface area (Å²) in [6.45, 7) is 4.03. The molecule has 1 aliphatic heterocycles. The van der Waals surface area contributed by atoms with E-state index < -0.39 is 17.7 Å². The Bertz CT molecular complexity index is 381. The first-order chi connectivity index (χ1) is 8.95. The van der Waals surface area contributed by atoms with Gasteiger partial charge in [-0.2, -0.15) is 0 Å². The monoisotopic (exact) mass is 269 g/mol. The van der Waals surface area contributed by atoms with Crippen molar-refractivity contribution < 1.29 is 19.2 Å². The Balaban J connectivity index is 2.65. The average molecular weight is 269 g/mol. The van der Waals surface area contributed by atoms with Crippen LogP contribution in [0.15, 0.2) is 0 Å². The van der Waals surface area contributed by atoms with Crippen molar-refractivity contribution in [2.24, 2.45) is 5.92 Å². The van der Waals surface area contributed by atoms with Crippen LogP contribution in [-0.4, -0.2) is 42.6 Å². The highest BCUT2D eigenvalue weighted by Crippen LogP contribution is 2.16. The summed E-state index contributed by atoms with van der Waals surface area (Å²) in [6, 6.07) is -1.12. The average Bonchev–Trinajstić information content (AvgIpc) is 2.72. The summed E-state index contributed by atoms with van der Waals surface area (Å²) >= 11 is 0. The van der Waals surface area contributed by atoms with E-state index in [0.717, 1.165) is 0 Å². The summed E-state index contributed by atoms with van der Waals surface area (Å²) in [5.74, 6) is -1.95. The van der Waals surface area contributed by atoms with Crippen LogP contribution >= 0.6 is 0 Å². The molecule has 0 radical (unpaired) electrons. The molecule has 7 heteroatoms. The van der Waals surface area contributed by atoms with Crippen LogP contribution in [0.2, 0.25) is 0 Å². The number of amides is 3. The van der Waals surface area contributed by atoms with Gasteiger partial charge in [-0.1, -0.05) is 0 Å². The largest absolute Gasteiger partial charge is 0.356 e. The standard InChI is InChI=1S/C12H19N3O4/c1-7(2)15-12(19)10(17)9(14-6-16)5-8-3-4-13-11(8)18/h6-9H,3-5H2,1-2H3,(H,13,18)(H,14,16)(H,15,19)/t8-,9-/m0/s1. The minimum Gasteiger partial charge on any atom is -0.356 e. The molecule has 3 amide bonds. The Morgan fingerprint density at radius 3 is 2.63 bits per heavy atom. The first kappa shape index (κ1) is 15.1. The summed E-state index contributed by atoms with van der Waals surface area (Å²) in [7, 11) is 0. The van der Waals surface area contributed by atoms with Gasteiger partial charge in [-0.3, -0.25) is 19.2 Å². The van der Waals surface area contributed by atoms with Gasteiger partial charge < -0.3 is 16.0 Å². The van der Waals surface area contributed by atoms with Gasteiger partial charge in [-0.25, -0.2) is 0 Å². The van der Waals surface area contributed by atoms with Crippen molar-refractivity contribution in [3.05, 3.63) is 0 Å². The third-order valence-corrected chi connectivity index (χ3v) is 2.91. The van der Waals surface area contributed by atoms with Crippen LogP contribution in [0.25, 0.3) is 0 Å². The Labute approximate surface area is 111 Å². The number of Topliss-reactive ketones (excluding diaryl/α,β-unsaturated/α-hetero) is 1. The number of carbonyl (C=O) groups excluding carboxylic acids is 4. The molecule has 0 aromatic carbocycles. The Morgan fingerprint density at radius 2 is 2.16 bits per heavy atom. The van der Waals surface area contributed by atoms with E-state index in [2.05, 4.69) is 16.0 Å². The number of hydrogen-bond acceptors (Lipinski definition) is 4. The SMILES string of the molecule is CC(C)NC(=O)C(=O)[C@H](C[C@@H]1CCNC1=O)NC=O. The second kappa shape index (κ2) is 6.86. The highest BCUT2D eigenvalue weighted by Gasteiger charge is 2.32. The van der Waals surface area contributed by atoms with Gasteiger partial charge in [-0.05, 0) is 26.7 Å². The fourth-order valence-corrected chi connectivity index (χ4v) is 1.98. The highest BCUT2D eigenvalue weighted by atomic mass is 16.2. The lowest BCUT2D eigenvalue weighted by Crippen LogP contribution is -2.47. The van der Waals surface area contributed by atoms with Crippen molar-refractivity contribution in [2.75, 3.05) is 6.54 Å². The molecule has 1 saturated heterocycles. The number of ketones is 1. The van der Waals surface area contributed by atoms with E-state index in [0.29, 0.717) is 19.4 Å².